The normalized spacial score (nSPS) is 12.1. The topological polar surface area (TPSA) is 136 Å². The number of aromatic nitrogens is 2. The van der Waals surface area contributed by atoms with Crippen LogP contribution in [0.15, 0.2) is 90.1 Å². The van der Waals surface area contributed by atoms with E-state index in [1.54, 1.807) is 38.4 Å². The summed E-state index contributed by atoms with van der Waals surface area (Å²) in [6, 6.07) is 19.4. The second kappa shape index (κ2) is 16.1. The fourth-order valence-electron chi connectivity index (χ4n) is 4.80. The maximum Gasteiger partial charge on any atom is 0.326 e. The van der Waals surface area contributed by atoms with E-state index in [1.165, 1.54) is 49.9 Å². The molecule has 4 aromatic rings. The van der Waals surface area contributed by atoms with Crippen molar-refractivity contribution in [2.75, 3.05) is 6.61 Å². The Morgan fingerprint density at radius 3 is 2.00 bits per heavy atom. The molecule has 1 amide bonds. The molecule has 4 rings (SSSR count). The summed E-state index contributed by atoms with van der Waals surface area (Å²) < 4.78 is 30.5. The number of carbonyl (C=O) groups is 2. The SMILES string of the molecule is CCCCCCCOc1ccc(-c2cnc(-c3ccc(CC(NC(=O)c4ccc(S(=O)(=O)C(C)C)cc4)C(=O)O)cc3)nc2)cc1. The van der Waals surface area contributed by atoms with Gasteiger partial charge in [0.25, 0.3) is 5.91 Å². The van der Waals surface area contributed by atoms with Gasteiger partial charge in [-0.15, -0.1) is 0 Å². The number of rotatable bonds is 16. The molecule has 0 bridgehead atoms. The minimum atomic E-state index is -3.48. The lowest BCUT2D eigenvalue weighted by Gasteiger charge is -2.15. The molecule has 0 aliphatic carbocycles. The van der Waals surface area contributed by atoms with Gasteiger partial charge in [0.1, 0.15) is 11.8 Å². The Morgan fingerprint density at radius 2 is 1.41 bits per heavy atom. The molecule has 0 fully saturated rings. The minimum absolute atomic E-state index is 0.0551. The zero-order valence-electron chi connectivity index (χ0n) is 26.5. The van der Waals surface area contributed by atoms with Crippen molar-refractivity contribution in [2.45, 2.75) is 75.5 Å². The molecule has 1 unspecified atom stereocenters. The second-order valence-electron chi connectivity index (χ2n) is 11.5. The third kappa shape index (κ3) is 9.23. The van der Waals surface area contributed by atoms with Crippen LogP contribution in [0.1, 0.15) is 68.8 Å². The van der Waals surface area contributed by atoms with Crippen molar-refractivity contribution in [1.82, 2.24) is 15.3 Å². The van der Waals surface area contributed by atoms with E-state index in [1.807, 2.05) is 36.4 Å². The third-order valence-corrected chi connectivity index (χ3v) is 9.85. The summed E-state index contributed by atoms with van der Waals surface area (Å²) in [6.45, 7) is 6.08. The molecule has 0 spiro atoms. The summed E-state index contributed by atoms with van der Waals surface area (Å²) in [7, 11) is -3.48. The Kier molecular flexibility index (Phi) is 12.0. The minimum Gasteiger partial charge on any atom is -0.494 e. The maximum absolute atomic E-state index is 12.8. The van der Waals surface area contributed by atoms with Crippen molar-refractivity contribution in [1.29, 1.82) is 0 Å². The summed E-state index contributed by atoms with van der Waals surface area (Å²) >= 11 is 0. The quantitative estimate of drug-likeness (QED) is 0.128. The van der Waals surface area contributed by atoms with Gasteiger partial charge in [-0.2, -0.15) is 0 Å². The van der Waals surface area contributed by atoms with Crippen LogP contribution in [-0.2, 0) is 21.1 Å². The van der Waals surface area contributed by atoms with Crippen LogP contribution < -0.4 is 10.1 Å². The number of hydrogen-bond donors (Lipinski definition) is 2. The van der Waals surface area contributed by atoms with Gasteiger partial charge >= 0.3 is 5.97 Å². The molecule has 0 saturated carbocycles. The standard InChI is InChI=1S/C36H41N3O6S/c1-4-5-6-7-8-21-45-31-17-13-27(14-18-31)30-23-37-34(38-24-30)28-11-9-26(10-12-28)22-33(36(41)42)39-35(40)29-15-19-32(20-16-29)46(43,44)25(2)3/h9-20,23-25,33H,4-8,21-22H2,1-3H3,(H,39,40)(H,41,42). The van der Waals surface area contributed by atoms with Gasteiger partial charge in [0.05, 0.1) is 16.8 Å². The Balaban J connectivity index is 1.33. The van der Waals surface area contributed by atoms with E-state index >= 15 is 0 Å². The van der Waals surface area contributed by atoms with E-state index in [-0.39, 0.29) is 16.9 Å². The van der Waals surface area contributed by atoms with Crippen LogP contribution in [-0.4, -0.2) is 53.3 Å². The number of amides is 1. The first kappa shape index (κ1) is 34.3. The molecule has 1 atom stereocenters. The van der Waals surface area contributed by atoms with Crippen molar-refractivity contribution in [3.05, 3.63) is 96.3 Å². The molecular formula is C36H41N3O6S. The largest absolute Gasteiger partial charge is 0.494 e. The summed E-state index contributed by atoms with van der Waals surface area (Å²) in [5.74, 6) is -0.414. The summed E-state index contributed by atoms with van der Waals surface area (Å²) in [4.78, 5) is 33.9. The molecule has 0 aliphatic heterocycles. The van der Waals surface area contributed by atoms with Crippen molar-refractivity contribution in [3.8, 4) is 28.3 Å². The molecule has 1 heterocycles. The first-order valence-electron chi connectivity index (χ1n) is 15.6. The van der Waals surface area contributed by atoms with Crippen LogP contribution in [0.2, 0.25) is 0 Å². The molecule has 1 aromatic heterocycles. The molecule has 46 heavy (non-hydrogen) atoms. The zero-order chi connectivity index (χ0) is 33.1. The summed E-state index contributed by atoms with van der Waals surface area (Å²) in [6.07, 6.45) is 9.57. The van der Waals surface area contributed by atoms with E-state index < -0.39 is 33.0 Å². The predicted octanol–water partition coefficient (Wildman–Crippen LogP) is 6.77. The predicted molar refractivity (Wildman–Crippen MR) is 179 cm³/mol. The molecule has 0 saturated heterocycles. The second-order valence-corrected chi connectivity index (χ2v) is 14.0. The number of aliphatic carboxylic acids is 1. The Bertz CT molecular complexity index is 1690. The highest BCUT2D eigenvalue weighted by Gasteiger charge is 2.23. The average molecular weight is 644 g/mol. The van der Waals surface area contributed by atoms with Crippen molar-refractivity contribution in [2.24, 2.45) is 0 Å². The van der Waals surface area contributed by atoms with Crippen LogP contribution in [0.25, 0.3) is 22.5 Å². The van der Waals surface area contributed by atoms with Gasteiger partial charge in [-0.1, -0.05) is 69.0 Å². The number of unbranched alkanes of at least 4 members (excludes halogenated alkanes) is 4. The van der Waals surface area contributed by atoms with Gasteiger partial charge in [-0.05, 0) is 67.8 Å². The fraction of sp³-hybridized carbons (Fsp3) is 0.333. The Hall–Kier alpha value is -4.57. The van der Waals surface area contributed by atoms with Crippen LogP contribution in [0, 0.1) is 0 Å². The van der Waals surface area contributed by atoms with E-state index in [4.69, 9.17) is 4.74 Å². The van der Waals surface area contributed by atoms with Crippen LogP contribution in [0.3, 0.4) is 0 Å². The summed E-state index contributed by atoms with van der Waals surface area (Å²) in [5.41, 5.74) is 3.50. The molecular weight excluding hydrogens is 602 g/mol. The smallest absolute Gasteiger partial charge is 0.326 e. The van der Waals surface area contributed by atoms with Gasteiger partial charge in [-0.25, -0.2) is 23.2 Å². The zero-order valence-corrected chi connectivity index (χ0v) is 27.3. The number of benzene rings is 3. The number of carboxylic acid groups (broad SMARTS) is 1. The first-order valence-corrected chi connectivity index (χ1v) is 17.2. The van der Waals surface area contributed by atoms with Crippen molar-refractivity contribution in [3.63, 3.8) is 0 Å². The third-order valence-electron chi connectivity index (χ3n) is 7.68. The van der Waals surface area contributed by atoms with E-state index in [0.717, 1.165) is 28.9 Å². The molecule has 2 N–H and O–H groups in total. The lowest BCUT2D eigenvalue weighted by Crippen LogP contribution is -2.42. The number of nitrogens with zero attached hydrogens (tertiary/aromatic N) is 2. The molecule has 242 valence electrons. The highest BCUT2D eigenvalue weighted by atomic mass is 32.2. The van der Waals surface area contributed by atoms with E-state index in [9.17, 15) is 23.1 Å². The van der Waals surface area contributed by atoms with E-state index in [0.29, 0.717) is 18.0 Å². The highest BCUT2D eigenvalue weighted by molar-refractivity contribution is 7.92. The van der Waals surface area contributed by atoms with Gasteiger partial charge < -0.3 is 15.2 Å². The lowest BCUT2D eigenvalue weighted by molar-refractivity contribution is -0.139. The summed E-state index contributed by atoms with van der Waals surface area (Å²) in [5, 5.41) is 11.7. The van der Waals surface area contributed by atoms with Gasteiger partial charge in [-0.3, -0.25) is 4.79 Å². The van der Waals surface area contributed by atoms with Crippen molar-refractivity contribution < 1.29 is 27.9 Å². The molecule has 0 radical (unpaired) electrons. The molecule has 10 heteroatoms. The lowest BCUT2D eigenvalue weighted by atomic mass is 10.0. The Labute approximate surface area is 271 Å². The Morgan fingerprint density at radius 1 is 0.804 bits per heavy atom. The molecule has 3 aromatic carbocycles. The van der Waals surface area contributed by atoms with Crippen LogP contribution in [0.5, 0.6) is 5.75 Å². The maximum atomic E-state index is 12.8. The highest BCUT2D eigenvalue weighted by Crippen LogP contribution is 2.24. The number of sulfone groups is 1. The van der Waals surface area contributed by atoms with Gasteiger partial charge in [0.15, 0.2) is 15.7 Å². The number of ether oxygens (including phenoxy) is 1. The average Bonchev–Trinajstić information content (AvgIpc) is 3.06. The van der Waals surface area contributed by atoms with Crippen LogP contribution in [0.4, 0.5) is 0 Å². The van der Waals surface area contributed by atoms with Gasteiger partial charge in [0, 0.05) is 35.5 Å². The molecule has 9 nitrogen and oxygen atoms in total. The first-order chi connectivity index (χ1) is 22.1. The number of nitrogens with one attached hydrogen (secondary N) is 1. The van der Waals surface area contributed by atoms with Crippen molar-refractivity contribution >= 4 is 21.7 Å². The van der Waals surface area contributed by atoms with Crippen LogP contribution >= 0.6 is 0 Å². The molecule has 0 aliphatic rings. The number of carbonyl (C=O) groups excluding carboxylic acids is 1. The number of carboxylic acids is 1. The monoisotopic (exact) mass is 643 g/mol. The number of hydrogen-bond acceptors (Lipinski definition) is 7. The van der Waals surface area contributed by atoms with Gasteiger partial charge in [0.2, 0.25) is 0 Å². The van der Waals surface area contributed by atoms with E-state index in [2.05, 4.69) is 22.2 Å². The fourth-order valence-corrected chi connectivity index (χ4v) is 5.86.